The molecule has 1 saturated heterocycles. The lowest BCUT2D eigenvalue weighted by Crippen LogP contribution is -2.45. The van der Waals surface area contributed by atoms with E-state index < -0.39 is 0 Å². The highest BCUT2D eigenvalue weighted by Gasteiger charge is 2.32. The highest BCUT2D eigenvalue weighted by atomic mass is 16.5. The van der Waals surface area contributed by atoms with Crippen LogP contribution in [0.25, 0.3) is 0 Å². The quantitative estimate of drug-likeness (QED) is 0.672. The molecule has 2 aliphatic heterocycles. The van der Waals surface area contributed by atoms with Crippen LogP contribution in [0.15, 0.2) is 30.6 Å². The number of aromatic nitrogens is 2. The van der Waals surface area contributed by atoms with Crippen molar-refractivity contribution in [1.82, 2.24) is 19.8 Å². The number of benzene rings is 1. The Bertz CT molecular complexity index is 1030. The van der Waals surface area contributed by atoms with Crippen molar-refractivity contribution in [3.8, 4) is 5.75 Å². The first-order valence-electron chi connectivity index (χ1n) is 13.5. The highest BCUT2D eigenvalue weighted by molar-refractivity contribution is 5.93. The lowest BCUT2D eigenvalue weighted by molar-refractivity contribution is -0.127. The third-order valence-electron chi connectivity index (χ3n) is 8.02. The van der Waals surface area contributed by atoms with Gasteiger partial charge in [-0.15, -0.1) is 0 Å². The summed E-state index contributed by atoms with van der Waals surface area (Å²) in [4.78, 5) is 32.5. The van der Waals surface area contributed by atoms with Gasteiger partial charge >= 0.3 is 0 Å². The summed E-state index contributed by atoms with van der Waals surface area (Å²) in [5, 5.41) is 3.31. The first-order valence-corrected chi connectivity index (χ1v) is 13.5. The average Bonchev–Trinajstić information content (AvgIpc) is 3.33. The van der Waals surface area contributed by atoms with Gasteiger partial charge in [-0.1, -0.05) is 44.2 Å². The Morgan fingerprint density at radius 3 is 2.39 bits per heavy atom. The number of imidazole rings is 1. The smallest absolute Gasteiger partial charge is 0.274 e. The topological polar surface area (TPSA) is 85.7 Å². The standard InChI is InChI=1S/C28H38N4O4/c1-35-23-11-9-20(10-12-23)25-17-32-19-29-26(24(32)18-36-25)28(34)31-15-13-21(14-16-31)27(33)30-22-7-5-3-2-4-6-8-22/h9-12,19,21-22,25H,2-8,13-18H2,1H3,(H,30,33)/t25-/m0/s1. The van der Waals surface area contributed by atoms with Crippen molar-refractivity contribution in [2.24, 2.45) is 5.92 Å². The fraction of sp³-hybridized carbons (Fsp3) is 0.607. The van der Waals surface area contributed by atoms with E-state index in [-0.39, 0.29) is 23.8 Å². The molecule has 2 fully saturated rings. The molecule has 194 valence electrons. The maximum Gasteiger partial charge on any atom is 0.274 e. The maximum absolute atomic E-state index is 13.3. The summed E-state index contributed by atoms with van der Waals surface area (Å²) in [6, 6.07) is 8.19. The third-order valence-corrected chi connectivity index (χ3v) is 8.02. The SMILES string of the molecule is COc1ccc([C@@H]2Cn3cnc(C(=O)N4CCC(C(=O)NC5CCCCCCC5)CC4)c3CO2)cc1. The Hall–Kier alpha value is -2.87. The summed E-state index contributed by atoms with van der Waals surface area (Å²) in [5.41, 5.74) is 2.37. The van der Waals surface area contributed by atoms with Crippen LogP contribution in [0.5, 0.6) is 5.75 Å². The van der Waals surface area contributed by atoms with Gasteiger partial charge in [0.15, 0.2) is 5.69 Å². The molecule has 1 saturated carbocycles. The second-order valence-corrected chi connectivity index (χ2v) is 10.4. The number of hydrogen-bond donors (Lipinski definition) is 1. The fourth-order valence-corrected chi connectivity index (χ4v) is 5.74. The fourth-order valence-electron chi connectivity index (χ4n) is 5.74. The lowest BCUT2D eigenvalue weighted by Gasteiger charge is -2.32. The molecule has 5 rings (SSSR count). The number of likely N-dealkylation sites (tertiary alicyclic amines) is 1. The zero-order chi connectivity index (χ0) is 24.9. The maximum atomic E-state index is 13.3. The number of rotatable bonds is 5. The Kier molecular flexibility index (Phi) is 7.90. The number of carbonyl (C=O) groups is 2. The number of nitrogens with zero attached hydrogens (tertiary/aromatic N) is 3. The van der Waals surface area contributed by atoms with Crippen LogP contribution >= 0.6 is 0 Å². The molecule has 0 radical (unpaired) electrons. The number of ether oxygens (including phenoxy) is 2. The molecule has 1 atom stereocenters. The molecule has 3 aliphatic rings. The minimum atomic E-state index is -0.0901. The highest BCUT2D eigenvalue weighted by Crippen LogP contribution is 2.30. The van der Waals surface area contributed by atoms with Crippen LogP contribution in [0.4, 0.5) is 0 Å². The Morgan fingerprint density at radius 2 is 1.69 bits per heavy atom. The van der Waals surface area contributed by atoms with Crippen LogP contribution in [-0.2, 0) is 22.7 Å². The molecule has 8 heteroatoms. The van der Waals surface area contributed by atoms with Crippen LogP contribution in [0, 0.1) is 5.92 Å². The number of methoxy groups -OCH3 is 1. The molecular formula is C28H38N4O4. The van der Waals surface area contributed by atoms with E-state index in [4.69, 9.17) is 9.47 Å². The Balaban J connectivity index is 1.14. The third kappa shape index (κ3) is 5.59. The largest absolute Gasteiger partial charge is 0.497 e. The van der Waals surface area contributed by atoms with Crippen molar-refractivity contribution in [2.75, 3.05) is 20.2 Å². The monoisotopic (exact) mass is 494 g/mol. The normalized spacial score (nSPS) is 21.8. The Morgan fingerprint density at radius 1 is 1.00 bits per heavy atom. The van der Waals surface area contributed by atoms with Crippen molar-refractivity contribution < 1.29 is 19.1 Å². The first kappa shape index (κ1) is 24.8. The zero-order valence-electron chi connectivity index (χ0n) is 21.3. The number of nitrogens with one attached hydrogen (secondary N) is 1. The number of amides is 2. The number of fused-ring (bicyclic) bond motifs is 1. The van der Waals surface area contributed by atoms with E-state index in [0.29, 0.717) is 50.8 Å². The minimum absolute atomic E-state index is 0.0102. The number of carbonyl (C=O) groups excluding carboxylic acids is 2. The molecule has 1 aromatic heterocycles. The van der Waals surface area contributed by atoms with Gasteiger partial charge in [0, 0.05) is 25.0 Å². The molecule has 0 spiro atoms. The predicted octanol–water partition coefficient (Wildman–Crippen LogP) is 4.24. The summed E-state index contributed by atoms with van der Waals surface area (Å²) >= 11 is 0. The summed E-state index contributed by atoms with van der Waals surface area (Å²) in [5.74, 6) is 0.912. The molecule has 1 aliphatic carbocycles. The van der Waals surface area contributed by atoms with Crippen molar-refractivity contribution in [2.45, 2.75) is 83.1 Å². The van der Waals surface area contributed by atoms with E-state index in [0.717, 1.165) is 29.8 Å². The van der Waals surface area contributed by atoms with Gasteiger partial charge < -0.3 is 24.3 Å². The van der Waals surface area contributed by atoms with E-state index in [2.05, 4.69) is 10.3 Å². The van der Waals surface area contributed by atoms with Crippen molar-refractivity contribution in [1.29, 1.82) is 0 Å². The minimum Gasteiger partial charge on any atom is -0.497 e. The van der Waals surface area contributed by atoms with E-state index in [1.807, 2.05) is 33.7 Å². The summed E-state index contributed by atoms with van der Waals surface area (Å²) < 4.78 is 13.4. The molecule has 3 heterocycles. The van der Waals surface area contributed by atoms with Gasteiger partial charge in [-0.05, 0) is 43.4 Å². The van der Waals surface area contributed by atoms with Crippen LogP contribution < -0.4 is 10.1 Å². The summed E-state index contributed by atoms with van der Waals surface area (Å²) in [7, 11) is 1.65. The van der Waals surface area contributed by atoms with Crippen LogP contribution in [0.2, 0.25) is 0 Å². The van der Waals surface area contributed by atoms with Crippen molar-refractivity contribution in [3.05, 3.63) is 47.5 Å². The summed E-state index contributed by atoms with van der Waals surface area (Å²) in [6.07, 6.45) is 11.5. The van der Waals surface area contributed by atoms with Crippen LogP contribution in [-0.4, -0.2) is 52.5 Å². The van der Waals surface area contributed by atoms with Gasteiger partial charge in [0.25, 0.3) is 5.91 Å². The summed E-state index contributed by atoms with van der Waals surface area (Å²) in [6.45, 7) is 2.13. The van der Waals surface area contributed by atoms with Gasteiger partial charge in [-0.3, -0.25) is 9.59 Å². The molecule has 0 bridgehead atoms. The van der Waals surface area contributed by atoms with Gasteiger partial charge in [0.2, 0.25) is 5.91 Å². The molecular weight excluding hydrogens is 456 g/mol. The molecule has 1 N–H and O–H groups in total. The number of piperidine rings is 1. The van der Waals surface area contributed by atoms with Gasteiger partial charge in [-0.2, -0.15) is 0 Å². The molecule has 1 aromatic carbocycles. The van der Waals surface area contributed by atoms with E-state index in [9.17, 15) is 9.59 Å². The van der Waals surface area contributed by atoms with Crippen molar-refractivity contribution >= 4 is 11.8 Å². The number of hydrogen-bond acceptors (Lipinski definition) is 5. The van der Waals surface area contributed by atoms with E-state index >= 15 is 0 Å². The molecule has 2 amide bonds. The second-order valence-electron chi connectivity index (χ2n) is 10.4. The molecule has 36 heavy (non-hydrogen) atoms. The van der Waals surface area contributed by atoms with Gasteiger partial charge in [-0.25, -0.2) is 4.98 Å². The predicted molar refractivity (Wildman–Crippen MR) is 136 cm³/mol. The second kappa shape index (κ2) is 11.5. The van der Waals surface area contributed by atoms with Crippen LogP contribution in [0.3, 0.4) is 0 Å². The van der Waals surface area contributed by atoms with Gasteiger partial charge in [0.05, 0.1) is 32.3 Å². The first-order chi connectivity index (χ1) is 17.6. The van der Waals surface area contributed by atoms with E-state index in [1.54, 1.807) is 13.4 Å². The average molecular weight is 495 g/mol. The van der Waals surface area contributed by atoms with Gasteiger partial charge in [0.1, 0.15) is 11.9 Å². The van der Waals surface area contributed by atoms with E-state index in [1.165, 1.54) is 32.1 Å². The van der Waals surface area contributed by atoms with Crippen LogP contribution in [0.1, 0.15) is 85.6 Å². The lowest BCUT2D eigenvalue weighted by atomic mass is 9.93. The zero-order valence-corrected chi connectivity index (χ0v) is 21.3. The van der Waals surface area contributed by atoms with Crippen molar-refractivity contribution in [3.63, 3.8) is 0 Å². The molecule has 0 unspecified atom stereocenters. The molecule has 8 nitrogen and oxygen atoms in total. The molecule has 2 aromatic rings. The Labute approximate surface area is 213 Å².